The van der Waals surface area contributed by atoms with Crippen LogP contribution >= 0.6 is 0 Å². The number of benzene rings is 6. The highest BCUT2D eigenvalue weighted by Gasteiger charge is 2.30. The minimum Gasteiger partial charge on any atom is -0.497 e. The maximum absolute atomic E-state index is 12.0. The number of carboxylic acid groups (broad SMARTS) is 1. The van der Waals surface area contributed by atoms with Crippen LogP contribution in [0.4, 0.5) is 0 Å². The minimum absolute atomic E-state index is 0.0899. The number of methoxy groups -OCH3 is 2. The van der Waals surface area contributed by atoms with E-state index in [0.29, 0.717) is 12.2 Å². The molecule has 0 saturated heterocycles. The molecular formula is C49H44O6. The third kappa shape index (κ3) is 9.48. The number of ketones is 1. The van der Waals surface area contributed by atoms with Crippen LogP contribution < -0.4 is 14.2 Å². The third-order valence-corrected chi connectivity index (χ3v) is 9.57. The lowest BCUT2D eigenvalue weighted by atomic mass is 9.85. The Balaban J connectivity index is 0.000000252. The summed E-state index contributed by atoms with van der Waals surface area (Å²) in [5.74, 6) is 1.35. The molecule has 0 amide bonds. The van der Waals surface area contributed by atoms with Gasteiger partial charge in [-0.3, -0.25) is 4.79 Å². The van der Waals surface area contributed by atoms with Crippen molar-refractivity contribution in [2.45, 2.75) is 25.7 Å². The first-order valence-corrected chi connectivity index (χ1v) is 18.3. The van der Waals surface area contributed by atoms with Gasteiger partial charge < -0.3 is 19.3 Å². The van der Waals surface area contributed by atoms with Crippen LogP contribution in [0.5, 0.6) is 17.2 Å². The molecule has 0 aliphatic heterocycles. The van der Waals surface area contributed by atoms with Gasteiger partial charge in [0.2, 0.25) is 0 Å². The predicted octanol–water partition coefficient (Wildman–Crippen LogP) is 11.0. The van der Waals surface area contributed by atoms with Gasteiger partial charge >= 0.3 is 5.97 Å². The molecule has 0 fully saturated rings. The van der Waals surface area contributed by atoms with Gasteiger partial charge in [-0.05, 0) is 99.5 Å². The van der Waals surface area contributed by atoms with Gasteiger partial charge in [0.15, 0.2) is 12.4 Å². The summed E-state index contributed by atoms with van der Waals surface area (Å²) in [5.41, 5.74) is 11.3. The molecule has 0 saturated carbocycles. The highest BCUT2D eigenvalue weighted by molar-refractivity contribution is 6.10. The Morgan fingerprint density at radius 3 is 1.85 bits per heavy atom. The number of aliphatic carboxylic acids is 1. The van der Waals surface area contributed by atoms with Crippen molar-refractivity contribution < 1.29 is 28.9 Å². The van der Waals surface area contributed by atoms with E-state index in [1.54, 1.807) is 44.6 Å². The van der Waals surface area contributed by atoms with E-state index in [1.807, 2.05) is 72.8 Å². The number of carbonyl (C=O) groups is 2. The number of rotatable bonds is 13. The molecule has 1 N–H and O–H groups in total. The first-order chi connectivity index (χ1) is 26.9. The van der Waals surface area contributed by atoms with Gasteiger partial charge in [-0.1, -0.05) is 128 Å². The predicted molar refractivity (Wildman–Crippen MR) is 220 cm³/mol. The van der Waals surface area contributed by atoms with E-state index in [1.165, 1.54) is 27.8 Å². The quantitative estimate of drug-likeness (QED) is 0.119. The standard InChI is InChI=1S/C34H30O4.C15H14O2/c1-3-28-32(30-15-8-7-14-29(30)25-12-9-13-27(20-25)38-22-33(35)36)21-31(23-16-18-26(37-2)19-17-23)34(28)24-10-5-4-6-11-24;1-17-14-9-7-13(8-10-14)15(16)11-12-5-3-2-4-6-12/h4-21,32H,3,22H2,1-2H3,(H,35,36);2-10H,11H2,1H3. The van der Waals surface area contributed by atoms with Crippen LogP contribution in [-0.4, -0.2) is 37.7 Å². The van der Waals surface area contributed by atoms with Crippen LogP contribution in [-0.2, 0) is 11.2 Å². The highest BCUT2D eigenvalue weighted by atomic mass is 16.5. The van der Waals surface area contributed by atoms with Crippen molar-refractivity contribution in [2.24, 2.45) is 0 Å². The molecule has 1 atom stereocenters. The summed E-state index contributed by atoms with van der Waals surface area (Å²) in [5, 5.41) is 9.03. The first kappa shape index (κ1) is 38.1. The number of Topliss-reactive ketones (excluding diaryl/α,β-unsaturated/α-hetero) is 1. The van der Waals surface area contributed by atoms with Crippen molar-refractivity contribution in [3.8, 4) is 28.4 Å². The van der Waals surface area contributed by atoms with Crippen LogP contribution in [0, 0.1) is 0 Å². The summed E-state index contributed by atoms with van der Waals surface area (Å²) in [6.07, 6.45) is 3.72. The normalized spacial score (nSPS) is 13.3. The second-order valence-corrected chi connectivity index (χ2v) is 13.0. The van der Waals surface area contributed by atoms with E-state index in [0.717, 1.165) is 45.7 Å². The molecule has 0 bridgehead atoms. The average molecular weight is 729 g/mol. The lowest BCUT2D eigenvalue weighted by molar-refractivity contribution is -0.139. The highest BCUT2D eigenvalue weighted by Crippen LogP contribution is 2.50. The topological polar surface area (TPSA) is 82.1 Å². The van der Waals surface area contributed by atoms with Crippen molar-refractivity contribution >= 4 is 22.9 Å². The van der Waals surface area contributed by atoms with E-state index in [9.17, 15) is 9.59 Å². The largest absolute Gasteiger partial charge is 0.497 e. The molecule has 55 heavy (non-hydrogen) atoms. The fourth-order valence-corrected chi connectivity index (χ4v) is 6.90. The zero-order chi connectivity index (χ0) is 38.6. The van der Waals surface area contributed by atoms with Gasteiger partial charge in [-0.2, -0.15) is 0 Å². The van der Waals surface area contributed by atoms with Crippen molar-refractivity contribution in [2.75, 3.05) is 20.8 Å². The molecule has 0 spiro atoms. The number of carbonyl (C=O) groups excluding carboxylic acids is 1. The fourth-order valence-electron chi connectivity index (χ4n) is 6.90. The molecule has 6 aromatic rings. The van der Waals surface area contributed by atoms with E-state index in [-0.39, 0.29) is 18.3 Å². The summed E-state index contributed by atoms with van der Waals surface area (Å²) in [4.78, 5) is 23.0. The van der Waals surface area contributed by atoms with Crippen LogP contribution in [0.2, 0.25) is 0 Å². The first-order valence-electron chi connectivity index (χ1n) is 18.3. The molecule has 0 heterocycles. The van der Waals surface area contributed by atoms with Crippen molar-refractivity contribution in [1.82, 2.24) is 0 Å². The molecule has 0 aromatic heterocycles. The second kappa shape index (κ2) is 18.4. The van der Waals surface area contributed by atoms with E-state index in [2.05, 4.69) is 67.6 Å². The number of carboxylic acids is 1. The zero-order valence-electron chi connectivity index (χ0n) is 31.3. The molecule has 6 nitrogen and oxygen atoms in total. The lowest BCUT2D eigenvalue weighted by Gasteiger charge is -2.19. The SMILES string of the molecule is CCC1=C(c2ccccc2)C(c2ccc(OC)cc2)=CC1c1ccccc1-c1cccc(OCC(=O)O)c1.COc1ccc(C(=O)Cc2ccccc2)cc1. The van der Waals surface area contributed by atoms with Gasteiger partial charge in [0.05, 0.1) is 14.2 Å². The average Bonchev–Trinajstić information content (AvgIpc) is 3.63. The fraction of sp³-hybridized carbons (Fsp3) is 0.143. The smallest absolute Gasteiger partial charge is 0.341 e. The van der Waals surface area contributed by atoms with Crippen LogP contribution in [0.1, 0.15) is 51.9 Å². The molecule has 276 valence electrons. The summed E-state index contributed by atoms with van der Waals surface area (Å²) < 4.78 is 15.9. The molecular weight excluding hydrogens is 685 g/mol. The Labute approximate surface area is 323 Å². The summed E-state index contributed by atoms with van der Waals surface area (Å²) in [6, 6.07) is 51.9. The monoisotopic (exact) mass is 728 g/mol. The molecule has 6 aromatic carbocycles. The maximum Gasteiger partial charge on any atom is 0.341 e. The van der Waals surface area contributed by atoms with E-state index in [4.69, 9.17) is 19.3 Å². The third-order valence-electron chi connectivity index (χ3n) is 9.57. The molecule has 1 aliphatic rings. The van der Waals surface area contributed by atoms with Gasteiger partial charge in [-0.15, -0.1) is 0 Å². The van der Waals surface area contributed by atoms with Gasteiger partial charge in [0, 0.05) is 17.9 Å². The summed E-state index contributed by atoms with van der Waals surface area (Å²) >= 11 is 0. The zero-order valence-corrected chi connectivity index (χ0v) is 31.3. The molecule has 0 radical (unpaired) electrons. The molecule has 6 heteroatoms. The Bertz CT molecular complexity index is 2270. The number of hydrogen-bond acceptors (Lipinski definition) is 5. The second-order valence-electron chi connectivity index (χ2n) is 13.0. The minimum atomic E-state index is -0.996. The van der Waals surface area contributed by atoms with Crippen LogP contribution in [0.15, 0.2) is 169 Å². The molecule has 7 rings (SSSR count). The summed E-state index contributed by atoms with van der Waals surface area (Å²) in [6.45, 7) is 1.85. The Morgan fingerprint density at radius 2 is 1.22 bits per heavy atom. The summed E-state index contributed by atoms with van der Waals surface area (Å²) in [7, 11) is 3.30. The van der Waals surface area contributed by atoms with Gasteiger partial charge in [0.25, 0.3) is 0 Å². The van der Waals surface area contributed by atoms with Gasteiger partial charge in [-0.25, -0.2) is 4.79 Å². The Hall–Kier alpha value is -6.66. The Kier molecular flexibility index (Phi) is 12.7. The van der Waals surface area contributed by atoms with Crippen molar-refractivity contribution in [1.29, 1.82) is 0 Å². The lowest BCUT2D eigenvalue weighted by Crippen LogP contribution is -2.09. The number of hydrogen-bond donors (Lipinski definition) is 1. The van der Waals surface area contributed by atoms with Gasteiger partial charge in [0.1, 0.15) is 17.2 Å². The number of ether oxygens (including phenoxy) is 3. The molecule has 1 aliphatic carbocycles. The van der Waals surface area contributed by atoms with E-state index < -0.39 is 5.97 Å². The van der Waals surface area contributed by atoms with Crippen molar-refractivity contribution in [3.63, 3.8) is 0 Å². The van der Waals surface area contributed by atoms with E-state index >= 15 is 0 Å². The van der Waals surface area contributed by atoms with Crippen LogP contribution in [0.25, 0.3) is 22.3 Å². The maximum atomic E-state index is 12.0. The Morgan fingerprint density at radius 1 is 0.618 bits per heavy atom. The molecule has 1 unspecified atom stereocenters. The van der Waals surface area contributed by atoms with Crippen LogP contribution in [0.3, 0.4) is 0 Å². The van der Waals surface area contributed by atoms with Crippen molar-refractivity contribution in [3.05, 3.63) is 197 Å². The number of allylic oxidation sites excluding steroid dienone is 4.